The molecular formula is C15H16N2O3. The molecule has 104 valence electrons. The molecule has 2 aliphatic rings. The highest BCUT2D eigenvalue weighted by atomic mass is 16.6. The fourth-order valence-electron chi connectivity index (χ4n) is 2.80. The predicted molar refractivity (Wildman–Crippen MR) is 71.8 cm³/mol. The van der Waals surface area contributed by atoms with Gasteiger partial charge in [-0.25, -0.2) is 0 Å². The highest BCUT2D eigenvalue weighted by Gasteiger charge is 2.26. The molecule has 3 heterocycles. The Hall–Kier alpha value is -2.01. The van der Waals surface area contributed by atoms with Crippen LogP contribution in [0.2, 0.25) is 0 Å². The normalized spacial score (nSPS) is 21.5. The second kappa shape index (κ2) is 4.83. The van der Waals surface area contributed by atoms with E-state index in [-0.39, 0.29) is 6.10 Å². The molecule has 2 aromatic rings. The number of nitrogens with zero attached hydrogens (tertiary/aromatic N) is 2. The van der Waals surface area contributed by atoms with Crippen molar-refractivity contribution in [2.75, 3.05) is 19.7 Å². The maximum absolute atomic E-state index is 6.00. The lowest BCUT2D eigenvalue weighted by Gasteiger charge is -2.32. The Labute approximate surface area is 117 Å². The van der Waals surface area contributed by atoms with Crippen LogP contribution in [0.15, 0.2) is 35.1 Å². The lowest BCUT2D eigenvalue weighted by atomic mass is 10.1. The number of hydrogen-bond acceptors (Lipinski definition) is 5. The third kappa shape index (κ3) is 2.14. The summed E-state index contributed by atoms with van der Waals surface area (Å²) in [5.74, 6) is 1.68. The zero-order valence-electron chi connectivity index (χ0n) is 11.1. The summed E-state index contributed by atoms with van der Waals surface area (Å²) in [4.78, 5) is 2.36. The molecule has 0 spiro atoms. The molecule has 1 atom stereocenters. The van der Waals surface area contributed by atoms with Gasteiger partial charge in [0.25, 0.3) is 0 Å². The van der Waals surface area contributed by atoms with E-state index in [1.165, 1.54) is 5.56 Å². The van der Waals surface area contributed by atoms with Crippen LogP contribution in [0.5, 0.6) is 11.5 Å². The Kier molecular flexibility index (Phi) is 2.85. The third-order valence-corrected chi connectivity index (χ3v) is 3.82. The van der Waals surface area contributed by atoms with Crippen LogP contribution in [0.3, 0.4) is 0 Å². The number of ether oxygens (including phenoxy) is 2. The van der Waals surface area contributed by atoms with Crippen LogP contribution in [0, 0.1) is 0 Å². The van der Waals surface area contributed by atoms with Crippen LogP contribution in [-0.2, 0) is 13.0 Å². The highest BCUT2D eigenvalue weighted by molar-refractivity contribution is 5.40. The zero-order valence-corrected chi connectivity index (χ0v) is 11.1. The summed E-state index contributed by atoms with van der Waals surface area (Å²) in [6, 6.07) is 7.82. The molecule has 5 nitrogen and oxygen atoms in total. The Morgan fingerprint density at radius 3 is 3.10 bits per heavy atom. The van der Waals surface area contributed by atoms with Crippen molar-refractivity contribution in [1.29, 1.82) is 0 Å². The zero-order chi connectivity index (χ0) is 13.4. The summed E-state index contributed by atoms with van der Waals surface area (Å²) >= 11 is 0. The molecule has 0 amide bonds. The number of benzene rings is 1. The maximum atomic E-state index is 6.00. The topological polar surface area (TPSA) is 47.7 Å². The Morgan fingerprint density at radius 2 is 2.15 bits per heavy atom. The molecule has 4 rings (SSSR count). The minimum absolute atomic E-state index is 0.0753. The molecule has 0 saturated heterocycles. The van der Waals surface area contributed by atoms with Gasteiger partial charge >= 0.3 is 0 Å². The van der Waals surface area contributed by atoms with Crippen molar-refractivity contribution in [2.24, 2.45) is 0 Å². The SMILES string of the molecule is c1ccc2c(c1)OC[C@@H](CN1CCc3nocc3C1)O2. The minimum atomic E-state index is 0.0753. The van der Waals surface area contributed by atoms with Crippen LogP contribution in [0.4, 0.5) is 0 Å². The average molecular weight is 272 g/mol. The first-order valence-electron chi connectivity index (χ1n) is 6.91. The Morgan fingerprint density at radius 1 is 1.25 bits per heavy atom. The predicted octanol–water partition coefficient (Wildman–Crippen LogP) is 1.87. The van der Waals surface area contributed by atoms with E-state index in [0.717, 1.165) is 43.2 Å². The van der Waals surface area contributed by atoms with Crippen LogP contribution in [0.25, 0.3) is 0 Å². The van der Waals surface area contributed by atoms with Gasteiger partial charge in [-0.15, -0.1) is 0 Å². The van der Waals surface area contributed by atoms with E-state index in [1.807, 2.05) is 24.3 Å². The smallest absolute Gasteiger partial charge is 0.161 e. The first-order chi connectivity index (χ1) is 9.88. The van der Waals surface area contributed by atoms with Gasteiger partial charge in [-0.2, -0.15) is 0 Å². The Bertz CT molecular complexity index is 611. The summed E-state index contributed by atoms with van der Waals surface area (Å²) in [5.41, 5.74) is 2.28. The van der Waals surface area contributed by atoms with Crippen LogP contribution >= 0.6 is 0 Å². The van der Waals surface area contributed by atoms with E-state index in [0.29, 0.717) is 6.61 Å². The van der Waals surface area contributed by atoms with Gasteiger partial charge in [0, 0.05) is 31.6 Å². The van der Waals surface area contributed by atoms with Crippen molar-refractivity contribution < 1.29 is 14.0 Å². The molecular weight excluding hydrogens is 256 g/mol. The number of aromatic nitrogens is 1. The van der Waals surface area contributed by atoms with Gasteiger partial charge in [0.1, 0.15) is 19.0 Å². The van der Waals surface area contributed by atoms with Crippen molar-refractivity contribution in [3.05, 3.63) is 41.8 Å². The molecule has 0 unspecified atom stereocenters. The standard InChI is InChI=1S/C15H16N2O3/c1-2-4-15-14(3-1)18-10-12(20-15)8-17-6-5-13-11(7-17)9-19-16-13/h1-4,9,12H,5-8,10H2/t12-/m1/s1. The second-order valence-electron chi connectivity index (χ2n) is 5.27. The molecule has 0 fully saturated rings. The Balaban J connectivity index is 1.42. The number of rotatable bonds is 2. The fraction of sp³-hybridized carbons (Fsp3) is 0.400. The van der Waals surface area contributed by atoms with Gasteiger partial charge in [0.2, 0.25) is 0 Å². The van der Waals surface area contributed by atoms with Gasteiger partial charge in [-0.05, 0) is 12.1 Å². The van der Waals surface area contributed by atoms with Crippen LogP contribution in [-0.4, -0.2) is 35.9 Å². The molecule has 0 N–H and O–H groups in total. The number of hydrogen-bond donors (Lipinski definition) is 0. The lowest BCUT2D eigenvalue weighted by molar-refractivity contribution is 0.0548. The van der Waals surface area contributed by atoms with Gasteiger partial charge in [0.05, 0.1) is 5.69 Å². The summed E-state index contributed by atoms with van der Waals surface area (Å²) in [5, 5.41) is 4.01. The summed E-state index contributed by atoms with van der Waals surface area (Å²) < 4.78 is 16.8. The maximum Gasteiger partial charge on any atom is 0.161 e. The van der Waals surface area contributed by atoms with Crippen molar-refractivity contribution >= 4 is 0 Å². The molecule has 20 heavy (non-hydrogen) atoms. The quantitative estimate of drug-likeness (QED) is 0.835. The molecule has 1 aromatic heterocycles. The third-order valence-electron chi connectivity index (χ3n) is 3.82. The fourth-order valence-corrected chi connectivity index (χ4v) is 2.80. The van der Waals surface area contributed by atoms with Crippen LogP contribution in [0.1, 0.15) is 11.3 Å². The molecule has 0 saturated carbocycles. The largest absolute Gasteiger partial charge is 0.486 e. The molecule has 0 bridgehead atoms. The first-order valence-corrected chi connectivity index (χ1v) is 6.91. The highest BCUT2D eigenvalue weighted by Crippen LogP contribution is 2.31. The summed E-state index contributed by atoms with van der Waals surface area (Å²) in [6.07, 6.45) is 2.76. The van der Waals surface area contributed by atoms with Crippen molar-refractivity contribution in [2.45, 2.75) is 19.1 Å². The van der Waals surface area contributed by atoms with E-state index in [9.17, 15) is 0 Å². The average Bonchev–Trinajstić information content (AvgIpc) is 2.95. The van der Waals surface area contributed by atoms with Gasteiger partial charge in [0.15, 0.2) is 11.5 Å². The lowest BCUT2D eigenvalue weighted by Crippen LogP contribution is -2.42. The van der Waals surface area contributed by atoms with Gasteiger partial charge in [-0.1, -0.05) is 17.3 Å². The van der Waals surface area contributed by atoms with E-state index >= 15 is 0 Å². The van der Waals surface area contributed by atoms with E-state index < -0.39 is 0 Å². The summed E-state index contributed by atoms with van der Waals surface area (Å²) in [7, 11) is 0. The molecule has 5 heteroatoms. The van der Waals surface area contributed by atoms with Crippen molar-refractivity contribution in [3.8, 4) is 11.5 Å². The molecule has 1 aromatic carbocycles. The van der Waals surface area contributed by atoms with Gasteiger partial charge in [-0.3, -0.25) is 4.90 Å². The molecule has 2 aliphatic heterocycles. The van der Waals surface area contributed by atoms with E-state index in [4.69, 9.17) is 14.0 Å². The molecule has 0 aliphatic carbocycles. The van der Waals surface area contributed by atoms with E-state index in [1.54, 1.807) is 6.26 Å². The van der Waals surface area contributed by atoms with Crippen molar-refractivity contribution in [1.82, 2.24) is 10.1 Å². The van der Waals surface area contributed by atoms with E-state index in [2.05, 4.69) is 10.1 Å². The van der Waals surface area contributed by atoms with Gasteiger partial charge < -0.3 is 14.0 Å². The van der Waals surface area contributed by atoms with Crippen molar-refractivity contribution in [3.63, 3.8) is 0 Å². The molecule has 0 radical (unpaired) electrons. The minimum Gasteiger partial charge on any atom is -0.486 e. The van der Waals surface area contributed by atoms with Crippen LogP contribution < -0.4 is 9.47 Å². The monoisotopic (exact) mass is 272 g/mol. The second-order valence-corrected chi connectivity index (χ2v) is 5.27. The number of para-hydroxylation sites is 2. The summed E-state index contributed by atoms with van der Waals surface area (Å²) in [6.45, 7) is 3.32. The first kappa shape index (κ1) is 11.8. The number of fused-ring (bicyclic) bond motifs is 2.